The number of thiophene rings is 1. The molecule has 0 spiro atoms. The molecule has 4 rings (SSSR count). The van der Waals surface area contributed by atoms with E-state index in [1.807, 2.05) is 11.3 Å². The zero-order valence-corrected chi connectivity index (χ0v) is 14.9. The van der Waals surface area contributed by atoms with Gasteiger partial charge in [0.05, 0.1) is 23.9 Å². The summed E-state index contributed by atoms with van der Waals surface area (Å²) in [6, 6.07) is 12.9. The molecule has 2 aromatic rings. The smallest absolute Gasteiger partial charge is 0.231 e. The highest BCUT2D eigenvalue weighted by molar-refractivity contribution is 7.09. The molecule has 126 valence electrons. The van der Waals surface area contributed by atoms with Crippen molar-refractivity contribution in [1.29, 1.82) is 0 Å². The van der Waals surface area contributed by atoms with Crippen LogP contribution in [0.3, 0.4) is 0 Å². The van der Waals surface area contributed by atoms with Crippen LogP contribution in [0.25, 0.3) is 0 Å². The zero-order valence-electron chi connectivity index (χ0n) is 14.0. The molecule has 0 bridgehead atoms. The number of amides is 1. The summed E-state index contributed by atoms with van der Waals surface area (Å²) in [6.07, 6.45) is 3.23. The van der Waals surface area contributed by atoms with Crippen LogP contribution in [0.1, 0.15) is 28.8 Å². The van der Waals surface area contributed by atoms with Crippen LogP contribution in [-0.2, 0) is 24.3 Å². The predicted octanol–water partition coefficient (Wildman–Crippen LogP) is 2.13. The van der Waals surface area contributed by atoms with Crippen molar-refractivity contribution in [2.45, 2.75) is 32.4 Å². The van der Waals surface area contributed by atoms with Gasteiger partial charge in [-0.1, -0.05) is 30.3 Å². The lowest BCUT2D eigenvalue weighted by atomic mass is 9.94. The summed E-state index contributed by atoms with van der Waals surface area (Å²) in [6.45, 7) is 4.95. The average Bonchev–Trinajstić information content (AvgIpc) is 3.14. The van der Waals surface area contributed by atoms with E-state index < -0.39 is 0 Å². The molecule has 3 heterocycles. The Balaban J connectivity index is 1.39. The van der Waals surface area contributed by atoms with Crippen LogP contribution in [0.5, 0.6) is 0 Å². The maximum Gasteiger partial charge on any atom is 0.231 e. The summed E-state index contributed by atoms with van der Waals surface area (Å²) in [5.41, 5.74) is 2.74. The van der Waals surface area contributed by atoms with Crippen molar-refractivity contribution in [3.8, 4) is 0 Å². The number of nitrogens with one attached hydrogen (secondary N) is 1. The average molecular weight is 342 g/mol. The summed E-state index contributed by atoms with van der Waals surface area (Å²) in [5, 5.41) is 2.15. The van der Waals surface area contributed by atoms with Gasteiger partial charge in [-0.25, -0.2) is 0 Å². The number of hydrogen-bond donors (Lipinski definition) is 1. The maximum atomic E-state index is 13.0. The highest BCUT2D eigenvalue weighted by atomic mass is 32.1. The van der Waals surface area contributed by atoms with Crippen LogP contribution in [0, 0.1) is 5.92 Å². The number of likely N-dealkylation sites (tertiary alicyclic amines) is 1. The minimum Gasteiger partial charge on any atom is -0.338 e. The standard InChI is InChI=1S/C20H24N2OS/c23-20(22-11-9-16-5-1-2-6-17(16)14-22)18-7-3-10-21(13-18)15-19-8-4-12-24-19/h1-2,4-6,8,12,18H,3,7,9-11,13-15H2/p+1/t18-/m0/s1. The van der Waals surface area contributed by atoms with Crippen molar-refractivity contribution in [1.82, 2.24) is 4.90 Å². The quantitative estimate of drug-likeness (QED) is 0.909. The number of rotatable bonds is 3. The molecule has 2 atom stereocenters. The van der Waals surface area contributed by atoms with Crippen molar-refractivity contribution in [2.75, 3.05) is 19.6 Å². The Bertz CT molecular complexity index is 697. The molecule has 4 heteroatoms. The third-order valence-electron chi connectivity index (χ3n) is 5.41. The lowest BCUT2D eigenvalue weighted by Gasteiger charge is -2.35. The highest BCUT2D eigenvalue weighted by Gasteiger charge is 2.33. The van der Waals surface area contributed by atoms with Gasteiger partial charge in [0.1, 0.15) is 6.54 Å². The van der Waals surface area contributed by atoms with Gasteiger partial charge < -0.3 is 9.80 Å². The highest BCUT2D eigenvalue weighted by Crippen LogP contribution is 2.21. The van der Waals surface area contributed by atoms with Gasteiger partial charge >= 0.3 is 0 Å². The molecular formula is C20H25N2OS+. The zero-order chi connectivity index (χ0) is 16.4. The fraction of sp³-hybridized carbons (Fsp3) is 0.450. The van der Waals surface area contributed by atoms with Crippen LogP contribution in [0.4, 0.5) is 0 Å². The van der Waals surface area contributed by atoms with Crippen molar-refractivity contribution in [3.05, 3.63) is 57.8 Å². The van der Waals surface area contributed by atoms with Gasteiger partial charge in [-0.2, -0.15) is 0 Å². The van der Waals surface area contributed by atoms with Crippen molar-refractivity contribution >= 4 is 17.2 Å². The Morgan fingerprint density at radius 1 is 1.21 bits per heavy atom. The van der Waals surface area contributed by atoms with Crippen LogP contribution in [0.15, 0.2) is 41.8 Å². The van der Waals surface area contributed by atoms with Gasteiger partial charge in [0.2, 0.25) is 5.91 Å². The van der Waals surface area contributed by atoms with Crippen LogP contribution < -0.4 is 4.90 Å². The summed E-state index contributed by atoms with van der Waals surface area (Å²) in [4.78, 5) is 18.1. The monoisotopic (exact) mass is 341 g/mol. The molecular weight excluding hydrogens is 316 g/mol. The van der Waals surface area contributed by atoms with Gasteiger partial charge in [-0.05, 0) is 41.8 Å². The third-order valence-corrected chi connectivity index (χ3v) is 6.29. The van der Waals surface area contributed by atoms with E-state index in [2.05, 4.69) is 46.7 Å². The van der Waals surface area contributed by atoms with E-state index in [0.717, 1.165) is 39.0 Å². The first-order valence-electron chi connectivity index (χ1n) is 9.01. The fourth-order valence-corrected chi connectivity index (χ4v) is 4.90. The van der Waals surface area contributed by atoms with E-state index in [0.29, 0.717) is 5.91 Å². The number of nitrogens with zero attached hydrogens (tertiary/aromatic N) is 1. The van der Waals surface area contributed by atoms with Gasteiger partial charge in [0.15, 0.2) is 0 Å². The number of hydrogen-bond acceptors (Lipinski definition) is 2. The third kappa shape index (κ3) is 3.40. The molecule has 1 N–H and O–H groups in total. The van der Waals surface area contributed by atoms with Crippen LogP contribution in [0.2, 0.25) is 0 Å². The number of fused-ring (bicyclic) bond motifs is 1. The van der Waals surface area contributed by atoms with Crippen LogP contribution >= 0.6 is 11.3 Å². The SMILES string of the molecule is O=C([C@H]1CCC[NH+](Cc2cccs2)C1)N1CCc2ccccc2C1. The Morgan fingerprint density at radius 3 is 2.92 bits per heavy atom. The molecule has 2 aliphatic heterocycles. The molecule has 1 unspecified atom stereocenters. The second-order valence-corrected chi connectivity index (χ2v) is 8.11. The van der Waals surface area contributed by atoms with Gasteiger partial charge in [0, 0.05) is 13.1 Å². The number of quaternary nitrogens is 1. The van der Waals surface area contributed by atoms with Crippen molar-refractivity contribution < 1.29 is 9.69 Å². The Morgan fingerprint density at radius 2 is 2.08 bits per heavy atom. The molecule has 1 fully saturated rings. The molecule has 1 aromatic heterocycles. The molecule has 24 heavy (non-hydrogen) atoms. The molecule has 0 aliphatic carbocycles. The summed E-state index contributed by atoms with van der Waals surface area (Å²) < 4.78 is 0. The lowest BCUT2D eigenvalue weighted by Crippen LogP contribution is -3.12. The first-order valence-corrected chi connectivity index (χ1v) is 9.89. The van der Waals surface area contributed by atoms with E-state index in [1.165, 1.54) is 29.0 Å². The summed E-state index contributed by atoms with van der Waals surface area (Å²) in [7, 11) is 0. The van der Waals surface area contributed by atoms with Crippen molar-refractivity contribution in [2.24, 2.45) is 5.92 Å². The first kappa shape index (κ1) is 15.9. The summed E-state index contributed by atoms with van der Waals surface area (Å²) >= 11 is 1.83. The lowest BCUT2D eigenvalue weighted by molar-refractivity contribution is -0.920. The molecule has 1 amide bonds. The van der Waals surface area contributed by atoms with Crippen molar-refractivity contribution in [3.63, 3.8) is 0 Å². The normalized spacial score (nSPS) is 23.8. The maximum absolute atomic E-state index is 13.0. The molecule has 1 saturated heterocycles. The van der Waals surface area contributed by atoms with E-state index in [1.54, 1.807) is 4.90 Å². The molecule has 3 nitrogen and oxygen atoms in total. The Hall–Kier alpha value is -1.65. The van der Waals surface area contributed by atoms with Gasteiger partial charge in [0.25, 0.3) is 0 Å². The van der Waals surface area contributed by atoms with E-state index in [-0.39, 0.29) is 5.92 Å². The minimum atomic E-state index is 0.207. The fourth-order valence-electron chi connectivity index (χ4n) is 4.12. The molecule has 0 saturated carbocycles. The molecule has 2 aliphatic rings. The van der Waals surface area contributed by atoms with Gasteiger partial charge in [-0.3, -0.25) is 4.79 Å². The minimum absolute atomic E-state index is 0.207. The second-order valence-electron chi connectivity index (χ2n) is 7.08. The van der Waals surface area contributed by atoms with Gasteiger partial charge in [-0.15, -0.1) is 11.3 Å². The molecule has 1 aromatic carbocycles. The largest absolute Gasteiger partial charge is 0.338 e. The second kappa shape index (κ2) is 7.08. The topological polar surface area (TPSA) is 24.8 Å². The van der Waals surface area contributed by atoms with E-state index in [4.69, 9.17) is 0 Å². The van der Waals surface area contributed by atoms with E-state index in [9.17, 15) is 4.79 Å². The number of carbonyl (C=O) groups is 1. The Kier molecular flexibility index (Phi) is 4.67. The number of carbonyl (C=O) groups excluding carboxylic acids is 1. The van der Waals surface area contributed by atoms with Crippen LogP contribution in [-0.4, -0.2) is 30.4 Å². The van der Waals surface area contributed by atoms with E-state index >= 15 is 0 Å². The summed E-state index contributed by atoms with van der Waals surface area (Å²) in [5.74, 6) is 0.590. The number of piperidine rings is 1. The first-order chi connectivity index (χ1) is 11.8. The Labute approximate surface area is 147 Å². The predicted molar refractivity (Wildman–Crippen MR) is 97.0 cm³/mol. The number of benzene rings is 1. The molecule has 0 radical (unpaired) electrons.